The largest absolute Gasteiger partial charge is 0.493 e. The summed E-state index contributed by atoms with van der Waals surface area (Å²) in [4.78, 5) is 0.994. The zero-order valence-corrected chi connectivity index (χ0v) is 13.8. The van der Waals surface area contributed by atoms with Crippen molar-refractivity contribution in [2.75, 3.05) is 7.11 Å². The SMILES string of the molecule is COc1cnn(C(C)C)c1C(NN)c1snnc1C(C)C. The van der Waals surface area contributed by atoms with Crippen molar-refractivity contribution in [2.24, 2.45) is 5.84 Å². The molecule has 0 aliphatic rings. The molecule has 0 aliphatic carbocycles. The van der Waals surface area contributed by atoms with Crippen LogP contribution in [0.5, 0.6) is 5.75 Å². The van der Waals surface area contributed by atoms with E-state index in [9.17, 15) is 0 Å². The lowest BCUT2D eigenvalue weighted by Gasteiger charge is -2.20. The minimum Gasteiger partial charge on any atom is -0.493 e. The van der Waals surface area contributed by atoms with Crippen LogP contribution in [-0.4, -0.2) is 26.5 Å². The molecule has 0 saturated carbocycles. The summed E-state index contributed by atoms with van der Waals surface area (Å²) < 4.78 is 11.4. The van der Waals surface area contributed by atoms with E-state index in [0.29, 0.717) is 5.75 Å². The molecular formula is C13H22N6OS. The molecule has 0 spiro atoms. The Kier molecular flexibility index (Phi) is 4.92. The van der Waals surface area contributed by atoms with Gasteiger partial charge in [-0.2, -0.15) is 5.10 Å². The van der Waals surface area contributed by atoms with E-state index >= 15 is 0 Å². The van der Waals surface area contributed by atoms with Crippen molar-refractivity contribution in [1.82, 2.24) is 24.8 Å². The van der Waals surface area contributed by atoms with E-state index < -0.39 is 0 Å². The fourth-order valence-electron chi connectivity index (χ4n) is 2.28. The van der Waals surface area contributed by atoms with Gasteiger partial charge in [0, 0.05) is 6.04 Å². The third-order valence-corrected chi connectivity index (χ3v) is 4.10. The first-order valence-electron chi connectivity index (χ1n) is 6.90. The highest BCUT2D eigenvalue weighted by molar-refractivity contribution is 7.05. The molecule has 116 valence electrons. The molecule has 2 aromatic heterocycles. The van der Waals surface area contributed by atoms with E-state index in [1.807, 2.05) is 4.68 Å². The van der Waals surface area contributed by atoms with Crippen molar-refractivity contribution in [3.05, 3.63) is 22.5 Å². The van der Waals surface area contributed by atoms with Gasteiger partial charge in [-0.1, -0.05) is 18.3 Å². The lowest BCUT2D eigenvalue weighted by atomic mass is 10.0. The first-order valence-corrected chi connectivity index (χ1v) is 7.68. The Hall–Kier alpha value is -1.51. The van der Waals surface area contributed by atoms with Gasteiger partial charge in [-0.15, -0.1) is 5.10 Å². The molecule has 8 heteroatoms. The highest BCUT2D eigenvalue weighted by Crippen LogP contribution is 2.35. The lowest BCUT2D eigenvalue weighted by Crippen LogP contribution is -2.31. The Labute approximate surface area is 128 Å². The van der Waals surface area contributed by atoms with Gasteiger partial charge in [0.05, 0.1) is 23.9 Å². The van der Waals surface area contributed by atoms with E-state index in [4.69, 9.17) is 10.6 Å². The lowest BCUT2D eigenvalue weighted by molar-refractivity contribution is 0.394. The summed E-state index contributed by atoms with van der Waals surface area (Å²) in [6.07, 6.45) is 1.71. The summed E-state index contributed by atoms with van der Waals surface area (Å²) in [6.45, 7) is 8.31. The predicted octanol–water partition coefficient (Wildman–Crippen LogP) is 2.00. The molecule has 7 nitrogen and oxygen atoms in total. The van der Waals surface area contributed by atoms with Gasteiger partial charge in [0.15, 0.2) is 5.75 Å². The molecule has 0 saturated heterocycles. The third kappa shape index (κ3) is 2.92. The maximum Gasteiger partial charge on any atom is 0.162 e. The van der Waals surface area contributed by atoms with Crippen molar-refractivity contribution < 1.29 is 4.74 Å². The quantitative estimate of drug-likeness (QED) is 0.626. The van der Waals surface area contributed by atoms with Crippen LogP contribution in [0.15, 0.2) is 6.20 Å². The number of hydrazine groups is 1. The van der Waals surface area contributed by atoms with Crippen LogP contribution in [0.1, 0.15) is 62.0 Å². The first-order chi connectivity index (χ1) is 10.0. The molecule has 0 amide bonds. The molecule has 2 rings (SSSR count). The third-order valence-electron chi connectivity index (χ3n) is 3.30. The Balaban J connectivity index is 2.56. The number of hydrogen-bond acceptors (Lipinski definition) is 7. The summed E-state index contributed by atoms with van der Waals surface area (Å²) in [6, 6.07) is -0.0506. The van der Waals surface area contributed by atoms with Crippen molar-refractivity contribution in [3.8, 4) is 5.75 Å². The molecule has 2 aromatic rings. The molecule has 2 heterocycles. The van der Waals surface area contributed by atoms with E-state index in [1.54, 1.807) is 13.3 Å². The summed E-state index contributed by atoms with van der Waals surface area (Å²) in [5.41, 5.74) is 4.70. The fraction of sp³-hybridized carbons (Fsp3) is 0.615. The highest BCUT2D eigenvalue weighted by Gasteiger charge is 2.28. The molecule has 0 bridgehead atoms. The van der Waals surface area contributed by atoms with E-state index in [1.165, 1.54) is 11.5 Å². The van der Waals surface area contributed by atoms with E-state index in [0.717, 1.165) is 16.3 Å². The van der Waals surface area contributed by atoms with Gasteiger partial charge >= 0.3 is 0 Å². The van der Waals surface area contributed by atoms with Crippen molar-refractivity contribution >= 4 is 11.5 Å². The molecule has 0 radical (unpaired) electrons. The number of aromatic nitrogens is 4. The zero-order chi connectivity index (χ0) is 15.6. The Morgan fingerprint density at radius 1 is 1.33 bits per heavy atom. The molecule has 21 heavy (non-hydrogen) atoms. The van der Waals surface area contributed by atoms with Crippen LogP contribution in [-0.2, 0) is 0 Å². The molecule has 0 aliphatic heterocycles. The number of hydrogen-bond donors (Lipinski definition) is 2. The second-order valence-corrected chi connectivity index (χ2v) is 6.20. The average Bonchev–Trinajstić information content (AvgIpc) is 3.06. The van der Waals surface area contributed by atoms with E-state index in [-0.39, 0.29) is 18.0 Å². The maximum atomic E-state index is 5.82. The van der Waals surface area contributed by atoms with Crippen LogP contribution in [0.4, 0.5) is 0 Å². The molecule has 0 aromatic carbocycles. The minimum absolute atomic E-state index is 0.197. The van der Waals surface area contributed by atoms with Crippen molar-refractivity contribution in [2.45, 2.75) is 45.7 Å². The number of rotatable bonds is 6. The summed E-state index contributed by atoms with van der Waals surface area (Å²) in [5, 5.41) is 8.63. The number of methoxy groups -OCH3 is 1. The van der Waals surface area contributed by atoms with Crippen LogP contribution in [0.25, 0.3) is 0 Å². The number of nitrogens with zero attached hydrogens (tertiary/aromatic N) is 4. The van der Waals surface area contributed by atoms with Gasteiger partial charge in [0.2, 0.25) is 0 Å². The van der Waals surface area contributed by atoms with Crippen LogP contribution in [0.3, 0.4) is 0 Å². The van der Waals surface area contributed by atoms with Crippen LogP contribution in [0.2, 0.25) is 0 Å². The zero-order valence-electron chi connectivity index (χ0n) is 13.0. The predicted molar refractivity (Wildman–Crippen MR) is 82.3 cm³/mol. The summed E-state index contributed by atoms with van der Waals surface area (Å²) in [5.74, 6) is 6.80. The monoisotopic (exact) mass is 310 g/mol. The van der Waals surface area contributed by atoms with Crippen molar-refractivity contribution in [3.63, 3.8) is 0 Å². The normalized spacial score (nSPS) is 13.1. The Morgan fingerprint density at radius 2 is 2.05 bits per heavy atom. The highest BCUT2D eigenvalue weighted by atomic mass is 32.1. The standard InChI is InChI=1S/C13H22N6OS/c1-7(2)10-13(21-18-17-10)11(16-14)12-9(20-5)6-15-19(12)8(3)4/h6-8,11,16H,14H2,1-5H3. The number of nitrogens with one attached hydrogen (secondary N) is 1. The van der Waals surface area contributed by atoms with Gasteiger partial charge in [0.1, 0.15) is 11.7 Å². The smallest absolute Gasteiger partial charge is 0.162 e. The van der Waals surface area contributed by atoms with Gasteiger partial charge in [-0.3, -0.25) is 10.5 Å². The van der Waals surface area contributed by atoms with Gasteiger partial charge in [0.25, 0.3) is 0 Å². The molecule has 1 unspecified atom stereocenters. The summed E-state index contributed by atoms with van der Waals surface area (Å²) >= 11 is 1.35. The minimum atomic E-state index is -0.248. The Morgan fingerprint density at radius 3 is 2.57 bits per heavy atom. The second kappa shape index (κ2) is 6.50. The van der Waals surface area contributed by atoms with Crippen LogP contribution < -0.4 is 16.0 Å². The van der Waals surface area contributed by atoms with Crippen LogP contribution in [0, 0.1) is 0 Å². The van der Waals surface area contributed by atoms with Crippen molar-refractivity contribution in [1.29, 1.82) is 0 Å². The molecule has 3 N–H and O–H groups in total. The van der Waals surface area contributed by atoms with Crippen LogP contribution >= 0.6 is 11.5 Å². The topological polar surface area (TPSA) is 90.9 Å². The first kappa shape index (κ1) is 15.9. The number of ether oxygens (including phenoxy) is 1. The average molecular weight is 310 g/mol. The molecular weight excluding hydrogens is 288 g/mol. The number of nitrogens with two attached hydrogens (primary N) is 1. The summed E-state index contributed by atoms with van der Waals surface area (Å²) in [7, 11) is 1.63. The van der Waals surface area contributed by atoms with Gasteiger partial charge in [-0.05, 0) is 31.3 Å². The second-order valence-electron chi connectivity index (χ2n) is 5.41. The maximum absolute atomic E-state index is 5.82. The van der Waals surface area contributed by atoms with Gasteiger partial charge in [-0.25, -0.2) is 5.43 Å². The molecule has 1 atom stereocenters. The van der Waals surface area contributed by atoms with Gasteiger partial charge < -0.3 is 4.74 Å². The fourth-order valence-corrected chi connectivity index (χ4v) is 3.15. The molecule has 0 fully saturated rings. The Bertz CT molecular complexity index is 591. The van der Waals surface area contributed by atoms with E-state index in [2.05, 4.69) is 47.8 Å².